The highest BCUT2D eigenvalue weighted by Gasteiger charge is 2.27. The van der Waals surface area contributed by atoms with Gasteiger partial charge in [-0.3, -0.25) is 4.79 Å². The van der Waals surface area contributed by atoms with Gasteiger partial charge in [0.2, 0.25) is 0 Å². The van der Waals surface area contributed by atoms with Gasteiger partial charge in [-0.05, 0) is 37.8 Å². The van der Waals surface area contributed by atoms with E-state index in [2.05, 4.69) is 5.32 Å². The molecule has 0 spiro atoms. The summed E-state index contributed by atoms with van der Waals surface area (Å²) in [4.78, 5) is 23.6. The zero-order valence-corrected chi connectivity index (χ0v) is 14.1. The van der Waals surface area contributed by atoms with Crippen molar-refractivity contribution in [3.05, 3.63) is 35.4 Å². The summed E-state index contributed by atoms with van der Waals surface area (Å²) in [6, 6.07) is 3.04. The summed E-state index contributed by atoms with van der Waals surface area (Å²) in [6.45, 7) is 9.24. The SMILES string of the molecule is CC(C)(C)CC(C)(C)NC(=O)COC(=O)c1c(F)cccc1F. The number of esters is 1. The third kappa shape index (κ3) is 6.34. The molecule has 1 N–H and O–H groups in total. The normalized spacial score (nSPS) is 12.0. The Morgan fingerprint density at radius 3 is 2.09 bits per heavy atom. The van der Waals surface area contributed by atoms with Crippen LogP contribution < -0.4 is 5.32 Å². The molecule has 1 amide bonds. The molecule has 0 saturated carbocycles. The number of hydrogen-bond acceptors (Lipinski definition) is 3. The molecule has 1 rings (SSSR count). The average Bonchev–Trinajstić information content (AvgIpc) is 2.32. The third-order valence-electron chi connectivity index (χ3n) is 2.95. The maximum absolute atomic E-state index is 13.4. The van der Waals surface area contributed by atoms with Crippen molar-refractivity contribution in [3.8, 4) is 0 Å². The zero-order chi connectivity index (χ0) is 17.8. The van der Waals surface area contributed by atoms with Gasteiger partial charge in [0.25, 0.3) is 5.91 Å². The van der Waals surface area contributed by atoms with Crippen LogP contribution in [0.2, 0.25) is 0 Å². The van der Waals surface area contributed by atoms with E-state index in [4.69, 9.17) is 4.74 Å². The van der Waals surface area contributed by atoms with E-state index in [0.29, 0.717) is 6.42 Å². The molecule has 0 aromatic heterocycles. The van der Waals surface area contributed by atoms with E-state index in [1.807, 2.05) is 34.6 Å². The van der Waals surface area contributed by atoms with Crippen LogP contribution >= 0.6 is 0 Å². The molecule has 0 atom stereocenters. The van der Waals surface area contributed by atoms with Crippen LogP contribution in [0.1, 0.15) is 51.4 Å². The predicted molar refractivity (Wildman–Crippen MR) is 82.9 cm³/mol. The second-order valence-corrected chi connectivity index (χ2v) is 7.34. The molecular formula is C17H23F2NO3. The second kappa shape index (κ2) is 7.06. The maximum atomic E-state index is 13.4. The summed E-state index contributed by atoms with van der Waals surface area (Å²) in [5, 5.41) is 2.75. The van der Waals surface area contributed by atoms with Gasteiger partial charge < -0.3 is 10.1 Å². The highest BCUT2D eigenvalue weighted by atomic mass is 19.1. The lowest BCUT2D eigenvalue weighted by Gasteiger charge is -2.33. The maximum Gasteiger partial charge on any atom is 0.344 e. The molecule has 1 aromatic rings. The smallest absolute Gasteiger partial charge is 0.344 e. The van der Waals surface area contributed by atoms with Gasteiger partial charge in [0, 0.05) is 5.54 Å². The van der Waals surface area contributed by atoms with Crippen LogP contribution in [0, 0.1) is 17.0 Å². The van der Waals surface area contributed by atoms with Crippen molar-refractivity contribution in [2.45, 2.75) is 46.6 Å². The molecular weight excluding hydrogens is 304 g/mol. The molecule has 0 aliphatic rings. The van der Waals surface area contributed by atoms with E-state index in [0.717, 1.165) is 18.2 Å². The summed E-state index contributed by atoms with van der Waals surface area (Å²) < 4.78 is 31.6. The number of carbonyl (C=O) groups excluding carboxylic acids is 2. The summed E-state index contributed by atoms with van der Waals surface area (Å²) in [5.74, 6) is -3.78. The number of halogens is 2. The van der Waals surface area contributed by atoms with Crippen molar-refractivity contribution in [1.29, 1.82) is 0 Å². The van der Waals surface area contributed by atoms with E-state index in [-0.39, 0.29) is 5.41 Å². The van der Waals surface area contributed by atoms with Crippen molar-refractivity contribution in [2.75, 3.05) is 6.61 Å². The third-order valence-corrected chi connectivity index (χ3v) is 2.95. The number of carbonyl (C=O) groups is 2. The Kier molecular flexibility index (Phi) is 5.86. The molecule has 0 radical (unpaired) electrons. The minimum atomic E-state index is -1.20. The molecule has 0 fully saturated rings. The molecule has 6 heteroatoms. The van der Waals surface area contributed by atoms with Gasteiger partial charge in [-0.2, -0.15) is 0 Å². The summed E-state index contributed by atoms with van der Waals surface area (Å²) >= 11 is 0. The van der Waals surface area contributed by atoms with Crippen LogP contribution in [0.3, 0.4) is 0 Å². The van der Waals surface area contributed by atoms with Gasteiger partial charge in [0.15, 0.2) is 6.61 Å². The monoisotopic (exact) mass is 327 g/mol. The standard InChI is InChI=1S/C17H23F2NO3/c1-16(2,3)10-17(4,5)20-13(21)9-23-15(22)14-11(18)7-6-8-12(14)19/h6-8H,9-10H2,1-5H3,(H,20,21). The van der Waals surface area contributed by atoms with Gasteiger partial charge in [0.05, 0.1) is 0 Å². The quantitative estimate of drug-likeness (QED) is 0.843. The highest BCUT2D eigenvalue weighted by Crippen LogP contribution is 2.26. The zero-order valence-electron chi connectivity index (χ0n) is 14.1. The van der Waals surface area contributed by atoms with Gasteiger partial charge in [0.1, 0.15) is 17.2 Å². The Labute approximate surface area is 135 Å². The first-order chi connectivity index (χ1) is 10.4. The molecule has 0 bridgehead atoms. The Balaban J connectivity index is 2.61. The van der Waals surface area contributed by atoms with E-state index in [9.17, 15) is 18.4 Å². The number of ether oxygens (including phenoxy) is 1. The molecule has 0 aliphatic heterocycles. The minimum Gasteiger partial charge on any atom is -0.452 e. The minimum absolute atomic E-state index is 0.00372. The molecule has 1 aromatic carbocycles. The number of benzene rings is 1. The first-order valence-electron chi connectivity index (χ1n) is 7.33. The van der Waals surface area contributed by atoms with E-state index >= 15 is 0 Å². The fourth-order valence-electron chi connectivity index (χ4n) is 2.68. The molecule has 23 heavy (non-hydrogen) atoms. The first-order valence-corrected chi connectivity index (χ1v) is 7.33. The fourth-order valence-corrected chi connectivity index (χ4v) is 2.68. The molecule has 4 nitrogen and oxygen atoms in total. The molecule has 0 heterocycles. The lowest BCUT2D eigenvalue weighted by atomic mass is 9.82. The number of hydrogen-bond donors (Lipinski definition) is 1. The number of rotatable bonds is 5. The van der Waals surface area contributed by atoms with Crippen LogP contribution in [0.4, 0.5) is 8.78 Å². The van der Waals surface area contributed by atoms with Crippen molar-refractivity contribution in [3.63, 3.8) is 0 Å². The van der Waals surface area contributed by atoms with Gasteiger partial charge in [-0.25, -0.2) is 13.6 Å². The highest BCUT2D eigenvalue weighted by molar-refractivity contribution is 5.91. The van der Waals surface area contributed by atoms with E-state index in [1.165, 1.54) is 0 Å². The molecule has 0 unspecified atom stereocenters. The van der Waals surface area contributed by atoms with Crippen molar-refractivity contribution < 1.29 is 23.1 Å². The Morgan fingerprint density at radius 1 is 1.09 bits per heavy atom. The van der Waals surface area contributed by atoms with Crippen molar-refractivity contribution >= 4 is 11.9 Å². The van der Waals surface area contributed by atoms with Crippen LogP contribution in [-0.4, -0.2) is 24.0 Å². The lowest BCUT2D eigenvalue weighted by Crippen LogP contribution is -2.47. The van der Waals surface area contributed by atoms with E-state index < -0.39 is 41.2 Å². The van der Waals surface area contributed by atoms with Crippen LogP contribution in [0.15, 0.2) is 18.2 Å². The molecule has 128 valence electrons. The van der Waals surface area contributed by atoms with Crippen LogP contribution in [-0.2, 0) is 9.53 Å². The van der Waals surface area contributed by atoms with Crippen molar-refractivity contribution in [2.24, 2.45) is 5.41 Å². The van der Waals surface area contributed by atoms with Gasteiger partial charge in [-0.1, -0.05) is 26.8 Å². The second-order valence-electron chi connectivity index (χ2n) is 7.34. The summed E-state index contributed by atoms with van der Waals surface area (Å²) in [6.07, 6.45) is 0.710. The summed E-state index contributed by atoms with van der Waals surface area (Å²) in [5.41, 5.74) is -1.29. The Morgan fingerprint density at radius 2 is 1.61 bits per heavy atom. The first kappa shape index (κ1) is 19.1. The van der Waals surface area contributed by atoms with Gasteiger partial charge in [-0.15, -0.1) is 0 Å². The van der Waals surface area contributed by atoms with Gasteiger partial charge >= 0.3 is 5.97 Å². The van der Waals surface area contributed by atoms with Crippen molar-refractivity contribution in [1.82, 2.24) is 5.32 Å². The average molecular weight is 327 g/mol. The lowest BCUT2D eigenvalue weighted by molar-refractivity contribution is -0.126. The largest absolute Gasteiger partial charge is 0.452 e. The number of amides is 1. The Bertz CT molecular complexity index is 572. The predicted octanol–water partition coefficient (Wildman–Crippen LogP) is 3.45. The summed E-state index contributed by atoms with van der Waals surface area (Å²) in [7, 11) is 0. The molecule has 0 aliphatic carbocycles. The topological polar surface area (TPSA) is 55.4 Å². The van der Waals surface area contributed by atoms with Crippen LogP contribution in [0.5, 0.6) is 0 Å². The van der Waals surface area contributed by atoms with Crippen LogP contribution in [0.25, 0.3) is 0 Å². The van der Waals surface area contributed by atoms with E-state index in [1.54, 1.807) is 0 Å². The fraction of sp³-hybridized carbons (Fsp3) is 0.529. The molecule has 0 saturated heterocycles. The number of nitrogens with one attached hydrogen (secondary N) is 1. The Hall–Kier alpha value is -1.98.